The molecule has 1 amide bonds. The van der Waals surface area contributed by atoms with Gasteiger partial charge in [0.2, 0.25) is 0 Å². The summed E-state index contributed by atoms with van der Waals surface area (Å²) in [6.45, 7) is -0.176. The van der Waals surface area contributed by atoms with Crippen molar-refractivity contribution in [2.45, 2.75) is 25.4 Å². The molecule has 6 nitrogen and oxygen atoms in total. The molecule has 1 aliphatic rings. The Morgan fingerprint density at radius 1 is 1.39 bits per heavy atom. The predicted molar refractivity (Wildman–Crippen MR) is 84.3 cm³/mol. The van der Waals surface area contributed by atoms with Gasteiger partial charge in [0.25, 0.3) is 5.91 Å². The minimum absolute atomic E-state index is 0.0233. The van der Waals surface area contributed by atoms with Crippen LogP contribution in [0.3, 0.4) is 0 Å². The van der Waals surface area contributed by atoms with Crippen molar-refractivity contribution in [2.75, 3.05) is 0 Å². The number of carboxylic acids is 1. The van der Waals surface area contributed by atoms with Crippen molar-refractivity contribution in [3.8, 4) is 6.07 Å². The van der Waals surface area contributed by atoms with E-state index in [-0.39, 0.29) is 24.1 Å². The minimum atomic E-state index is -0.951. The lowest BCUT2D eigenvalue weighted by atomic mass is 10.1. The van der Waals surface area contributed by atoms with E-state index in [4.69, 9.17) is 5.11 Å². The summed E-state index contributed by atoms with van der Waals surface area (Å²) in [5.74, 6) is -1.33. The Hall–Kier alpha value is -3.07. The first-order chi connectivity index (χ1) is 11.1. The van der Waals surface area contributed by atoms with Gasteiger partial charge in [-0.2, -0.15) is 5.26 Å². The summed E-state index contributed by atoms with van der Waals surface area (Å²) >= 11 is 0. The summed E-state index contributed by atoms with van der Waals surface area (Å²) in [4.78, 5) is 23.0. The molecule has 1 aliphatic carbocycles. The van der Waals surface area contributed by atoms with Crippen LogP contribution in [0.1, 0.15) is 18.4 Å². The van der Waals surface area contributed by atoms with E-state index in [1.807, 2.05) is 30.3 Å². The Morgan fingerprint density at radius 3 is 2.78 bits per heavy atom. The molecule has 1 saturated carbocycles. The molecule has 0 atom stereocenters. The van der Waals surface area contributed by atoms with Crippen LogP contribution < -0.4 is 5.32 Å². The lowest BCUT2D eigenvalue weighted by molar-refractivity contribution is -0.137. The number of rotatable bonds is 5. The number of para-hydroxylation sites is 1. The van der Waals surface area contributed by atoms with Crippen molar-refractivity contribution in [1.82, 2.24) is 9.88 Å². The number of benzene rings is 1. The highest BCUT2D eigenvalue weighted by Crippen LogP contribution is 2.24. The van der Waals surface area contributed by atoms with Gasteiger partial charge in [-0.1, -0.05) is 18.2 Å². The summed E-state index contributed by atoms with van der Waals surface area (Å²) in [6, 6.07) is 9.40. The van der Waals surface area contributed by atoms with Crippen LogP contribution in [0.5, 0.6) is 0 Å². The minimum Gasteiger partial charge on any atom is -0.480 e. The Morgan fingerprint density at radius 2 is 2.13 bits per heavy atom. The Balaban J connectivity index is 2.00. The van der Waals surface area contributed by atoms with E-state index in [2.05, 4.69) is 5.32 Å². The fraction of sp³-hybridized carbons (Fsp3) is 0.235. The maximum absolute atomic E-state index is 12.0. The van der Waals surface area contributed by atoms with Crippen LogP contribution in [0.25, 0.3) is 17.0 Å². The molecule has 0 saturated heterocycles. The molecule has 0 aliphatic heterocycles. The van der Waals surface area contributed by atoms with E-state index < -0.39 is 5.97 Å². The SMILES string of the molecule is N#C/C(=C\c1cn(CC(=O)O)c2ccccc12)C(=O)NC1CC1. The first-order valence-corrected chi connectivity index (χ1v) is 7.31. The number of nitrogens with one attached hydrogen (secondary N) is 1. The Labute approximate surface area is 132 Å². The number of fused-ring (bicyclic) bond motifs is 1. The third-order valence-corrected chi connectivity index (χ3v) is 3.70. The number of aliphatic carboxylic acids is 1. The largest absolute Gasteiger partial charge is 0.480 e. The van der Waals surface area contributed by atoms with Gasteiger partial charge < -0.3 is 15.0 Å². The summed E-state index contributed by atoms with van der Waals surface area (Å²) in [7, 11) is 0. The zero-order chi connectivity index (χ0) is 16.4. The van der Waals surface area contributed by atoms with Gasteiger partial charge in [0, 0.05) is 28.7 Å². The monoisotopic (exact) mass is 309 g/mol. The number of carboxylic acid groups (broad SMARTS) is 1. The number of amides is 1. The van der Waals surface area contributed by atoms with Gasteiger partial charge in [-0.15, -0.1) is 0 Å². The van der Waals surface area contributed by atoms with Gasteiger partial charge in [0.05, 0.1) is 0 Å². The molecule has 116 valence electrons. The van der Waals surface area contributed by atoms with Gasteiger partial charge in [-0.05, 0) is 25.0 Å². The van der Waals surface area contributed by atoms with Crippen LogP contribution in [0.4, 0.5) is 0 Å². The van der Waals surface area contributed by atoms with E-state index >= 15 is 0 Å². The molecule has 1 aromatic carbocycles. The lowest BCUT2D eigenvalue weighted by Gasteiger charge is -2.00. The molecular weight excluding hydrogens is 294 g/mol. The number of nitriles is 1. The van der Waals surface area contributed by atoms with Gasteiger partial charge in [0.15, 0.2) is 0 Å². The fourth-order valence-corrected chi connectivity index (χ4v) is 2.46. The summed E-state index contributed by atoms with van der Waals surface area (Å²) in [6.07, 6.45) is 5.06. The highest BCUT2D eigenvalue weighted by atomic mass is 16.4. The van der Waals surface area contributed by atoms with Crippen LogP contribution in [-0.4, -0.2) is 27.6 Å². The van der Waals surface area contributed by atoms with Gasteiger partial charge in [-0.3, -0.25) is 9.59 Å². The predicted octanol–water partition coefficient (Wildman–Crippen LogP) is 1.91. The van der Waals surface area contributed by atoms with E-state index in [1.165, 1.54) is 6.08 Å². The number of nitrogens with zero attached hydrogens (tertiary/aromatic N) is 2. The molecular formula is C17H15N3O3. The van der Waals surface area contributed by atoms with Crippen molar-refractivity contribution in [1.29, 1.82) is 5.26 Å². The average molecular weight is 309 g/mol. The van der Waals surface area contributed by atoms with E-state index in [1.54, 1.807) is 10.8 Å². The van der Waals surface area contributed by atoms with E-state index in [0.29, 0.717) is 5.56 Å². The molecule has 0 radical (unpaired) electrons. The quantitative estimate of drug-likeness (QED) is 0.651. The second kappa shape index (κ2) is 5.97. The molecule has 2 N–H and O–H groups in total. The Kier molecular flexibility index (Phi) is 3.85. The second-order valence-electron chi connectivity index (χ2n) is 5.54. The number of aromatic nitrogens is 1. The van der Waals surface area contributed by atoms with Crippen molar-refractivity contribution in [3.05, 3.63) is 41.6 Å². The summed E-state index contributed by atoms with van der Waals surface area (Å²) in [5, 5.41) is 21.8. The maximum Gasteiger partial charge on any atom is 0.323 e. The lowest BCUT2D eigenvalue weighted by Crippen LogP contribution is -2.26. The molecule has 0 unspecified atom stereocenters. The van der Waals surface area contributed by atoms with Crippen LogP contribution in [0, 0.1) is 11.3 Å². The number of carbonyl (C=O) groups is 2. The first kappa shape index (κ1) is 14.9. The zero-order valence-electron chi connectivity index (χ0n) is 12.3. The topological polar surface area (TPSA) is 95.1 Å². The van der Waals surface area contributed by atoms with E-state index in [0.717, 1.165) is 23.7 Å². The van der Waals surface area contributed by atoms with Gasteiger partial charge in [-0.25, -0.2) is 0 Å². The summed E-state index contributed by atoms with van der Waals surface area (Å²) in [5.41, 5.74) is 1.43. The molecule has 2 aromatic rings. The van der Waals surface area contributed by atoms with Gasteiger partial charge in [0.1, 0.15) is 18.2 Å². The van der Waals surface area contributed by atoms with Crippen molar-refractivity contribution in [3.63, 3.8) is 0 Å². The second-order valence-corrected chi connectivity index (χ2v) is 5.54. The zero-order valence-corrected chi connectivity index (χ0v) is 12.3. The molecule has 0 spiro atoms. The summed E-state index contributed by atoms with van der Waals surface area (Å²) < 4.78 is 1.59. The number of hydrogen-bond acceptors (Lipinski definition) is 3. The normalized spacial score (nSPS) is 14.5. The number of hydrogen-bond donors (Lipinski definition) is 2. The molecule has 1 fully saturated rings. The smallest absolute Gasteiger partial charge is 0.323 e. The van der Waals surface area contributed by atoms with Crippen molar-refractivity contribution >= 4 is 28.9 Å². The van der Waals surface area contributed by atoms with Crippen LogP contribution >= 0.6 is 0 Å². The maximum atomic E-state index is 12.0. The third kappa shape index (κ3) is 3.24. The first-order valence-electron chi connectivity index (χ1n) is 7.31. The van der Waals surface area contributed by atoms with E-state index in [9.17, 15) is 14.9 Å². The Bertz CT molecular complexity index is 854. The van der Waals surface area contributed by atoms with Crippen molar-refractivity contribution in [2.24, 2.45) is 0 Å². The third-order valence-electron chi connectivity index (χ3n) is 3.70. The van der Waals surface area contributed by atoms with Crippen molar-refractivity contribution < 1.29 is 14.7 Å². The number of carbonyl (C=O) groups excluding carboxylic acids is 1. The fourth-order valence-electron chi connectivity index (χ4n) is 2.46. The molecule has 0 bridgehead atoms. The molecule has 3 rings (SSSR count). The molecule has 1 heterocycles. The van der Waals surface area contributed by atoms with Crippen LogP contribution in [0.2, 0.25) is 0 Å². The van der Waals surface area contributed by atoms with Crippen LogP contribution in [-0.2, 0) is 16.1 Å². The highest BCUT2D eigenvalue weighted by molar-refractivity contribution is 6.04. The molecule has 6 heteroatoms. The standard InChI is InChI=1S/C17H15N3O3/c18-8-11(17(23)19-13-5-6-13)7-12-9-20(10-16(21)22)15-4-2-1-3-14(12)15/h1-4,7,9,13H,5-6,10H2,(H,19,23)(H,21,22)/b11-7+. The average Bonchev–Trinajstić information content (AvgIpc) is 3.27. The highest BCUT2D eigenvalue weighted by Gasteiger charge is 2.25. The molecule has 1 aromatic heterocycles. The van der Waals surface area contributed by atoms with Crippen LogP contribution in [0.15, 0.2) is 36.0 Å². The van der Waals surface area contributed by atoms with Gasteiger partial charge >= 0.3 is 5.97 Å². The molecule has 23 heavy (non-hydrogen) atoms.